The molecule has 0 saturated heterocycles. The van der Waals surface area contributed by atoms with Crippen LogP contribution in [0.1, 0.15) is 20.9 Å². The molecule has 0 aliphatic carbocycles. The van der Waals surface area contributed by atoms with E-state index < -0.39 is 5.91 Å². The van der Waals surface area contributed by atoms with E-state index in [0.717, 1.165) is 5.39 Å². The van der Waals surface area contributed by atoms with Crippen molar-refractivity contribution in [3.63, 3.8) is 0 Å². The van der Waals surface area contributed by atoms with Gasteiger partial charge in [-0.2, -0.15) is 0 Å². The van der Waals surface area contributed by atoms with E-state index >= 15 is 0 Å². The maximum Gasteiger partial charge on any atom is 0.287 e. The van der Waals surface area contributed by atoms with Crippen molar-refractivity contribution in [1.29, 1.82) is 0 Å². The molecule has 0 radical (unpaired) electrons. The Morgan fingerprint density at radius 2 is 2.00 bits per heavy atom. The largest absolute Gasteiger partial charge is 0.507 e. The minimum absolute atomic E-state index is 0.00985. The molecule has 1 heterocycles. The van der Waals surface area contributed by atoms with Crippen LogP contribution in [0.15, 0.2) is 46.9 Å². The number of rotatable bonds is 6. The van der Waals surface area contributed by atoms with Crippen LogP contribution in [0.5, 0.6) is 11.5 Å². The third-order valence-electron chi connectivity index (χ3n) is 3.59. The number of amides is 2. The second-order valence-corrected chi connectivity index (χ2v) is 5.88. The number of hydrogen-bond donors (Lipinski definition) is 3. The summed E-state index contributed by atoms with van der Waals surface area (Å²) in [6.07, 6.45) is 0. The fourth-order valence-electron chi connectivity index (χ4n) is 2.36. The van der Waals surface area contributed by atoms with Gasteiger partial charge in [0, 0.05) is 16.5 Å². The topological polar surface area (TPSA) is 115 Å². The monoisotopic (exact) mass is 374 g/mol. The van der Waals surface area contributed by atoms with Crippen molar-refractivity contribution in [1.82, 2.24) is 5.32 Å². The van der Waals surface area contributed by atoms with Crippen molar-refractivity contribution in [2.45, 2.75) is 0 Å². The Balaban J connectivity index is 1.53. The highest BCUT2D eigenvalue weighted by molar-refractivity contribution is 6.31. The predicted molar refractivity (Wildman–Crippen MR) is 95.7 cm³/mol. The summed E-state index contributed by atoms with van der Waals surface area (Å²) in [7, 11) is 0. The van der Waals surface area contributed by atoms with E-state index in [-0.39, 0.29) is 36.1 Å². The lowest BCUT2D eigenvalue weighted by Crippen LogP contribution is -2.27. The van der Waals surface area contributed by atoms with Gasteiger partial charge in [0.1, 0.15) is 23.7 Å². The minimum atomic E-state index is -0.728. The number of furan rings is 1. The van der Waals surface area contributed by atoms with Crippen molar-refractivity contribution >= 4 is 34.4 Å². The Kier molecular flexibility index (Phi) is 4.99. The molecule has 0 spiro atoms. The molecule has 0 unspecified atom stereocenters. The molecule has 134 valence electrons. The first-order chi connectivity index (χ1) is 12.4. The van der Waals surface area contributed by atoms with E-state index in [1.54, 1.807) is 24.3 Å². The van der Waals surface area contributed by atoms with Gasteiger partial charge >= 0.3 is 0 Å². The second-order valence-electron chi connectivity index (χ2n) is 5.44. The lowest BCUT2D eigenvalue weighted by atomic mass is 10.2. The fraction of sp³-hybridized carbons (Fsp3) is 0.111. The summed E-state index contributed by atoms with van der Waals surface area (Å²) in [6.45, 7) is 0.377. The minimum Gasteiger partial charge on any atom is -0.507 e. The molecule has 4 N–H and O–H groups in total. The zero-order valence-corrected chi connectivity index (χ0v) is 14.2. The van der Waals surface area contributed by atoms with E-state index in [1.807, 2.05) is 0 Å². The molecule has 2 aromatic carbocycles. The molecule has 2 amide bonds. The molecule has 7 nitrogen and oxygen atoms in total. The SMILES string of the molecule is NC(=O)c1ccc(OCCNC(=O)c2cc3cc(Cl)ccc3o2)cc1O. The van der Waals surface area contributed by atoms with E-state index in [4.69, 9.17) is 26.5 Å². The van der Waals surface area contributed by atoms with E-state index in [1.165, 1.54) is 18.2 Å². The Morgan fingerprint density at radius 1 is 1.19 bits per heavy atom. The van der Waals surface area contributed by atoms with Gasteiger partial charge in [0.2, 0.25) is 0 Å². The number of phenols is 1. The summed E-state index contributed by atoms with van der Waals surface area (Å²) in [5.41, 5.74) is 5.69. The van der Waals surface area contributed by atoms with Gasteiger partial charge in [0.05, 0.1) is 12.1 Å². The van der Waals surface area contributed by atoms with Gasteiger partial charge in [0.25, 0.3) is 11.8 Å². The summed E-state index contributed by atoms with van der Waals surface area (Å²) in [6, 6.07) is 10.8. The molecular formula is C18H15ClN2O5. The molecule has 0 aliphatic heterocycles. The van der Waals surface area contributed by atoms with Crippen LogP contribution in [0.4, 0.5) is 0 Å². The van der Waals surface area contributed by atoms with Crippen LogP contribution in [0, 0.1) is 0 Å². The van der Waals surface area contributed by atoms with Crippen LogP contribution >= 0.6 is 11.6 Å². The fourth-order valence-corrected chi connectivity index (χ4v) is 2.54. The number of ether oxygens (including phenoxy) is 1. The lowest BCUT2D eigenvalue weighted by Gasteiger charge is -2.08. The average Bonchev–Trinajstić information content (AvgIpc) is 3.01. The highest BCUT2D eigenvalue weighted by Crippen LogP contribution is 2.24. The van der Waals surface area contributed by atoms with Crippen molar-refractivity contribution in [3.05, 3.63) is 58.8 Å². The molecular weight excluding hydrogens is 360 g/mol. The third-order valence-corrected chi connectivity index (χ3v) is 3.83. The number of carbonyl (C=O) groups is 2. The van der Waals surface area contributed by atoms with Crippen molar-refractivity contribution in [2.24, 2.45) is 5.73 Å². The number of carbonyl (C=O) groups excluding carboxylic acids is 2. The molecule has 0 saturated carbocycles. The molecule has 0 atom stereocenters. The summed E-state index contributed by atoms with van der Waals surface area (Å²) in [4.78, 5) is 23.1. The van der Waals surface area contributed by atoms with E-state index in [0.29, 0.717) is 16.4 Å². The smallest absolute Gasteiger partial charge is 0.287 e. The number of nitrogens with one attached hydrogen (secondary N) is 1. The van der Waals surface area contributed by atoms with Gasteiger partial charge in [-0.15, -0.1) is 0 Å². The molecule has 0 fully saturated rings. The van der Waals surface area contributed by atoms with Crippen LogP contribution in [0.2, 0.25) is 5.02 Å². The molecule has 3 aromatic rings. The van der Waals surface area contributed by atoms with Crippen molar-refractivity contribution < 1.29 is 23.8 Å². The number of aromatic hydroxyl groups is 1. The summed E-state index contributed by atoms with van der Waals surface area (Å²) in [5.74, 6) is -0.855. The second kappa shape index (κ2) is 7.37. The molecule has 1 aromatic heterocycles. The van der Waals surface area contributed by atoms with Gasteiger partial charge in [-0.25, -0.2) is 0 Å². The van der Waals surface area contributed by atoms with Crippen LogP contribution in [-0.4, -0.2) is 30.1 Å². The van der Waals surface area contributed by atoms with Crippen LogP contribution in [0.3, 0.4) is 0 Å². The van der Waals surface area contributed by atoms with E-state index in [9.17, 15) is 14.7 Å². The molecule has 26 heavy (non-hydrogen) atoms. The molecule has 3 rings (SSSR count). The number of fused-ring (bicyclic) bond motifs is 1. The van der Waals surface area contributed by atoms with Crippen LogP contribution in [-0.2, 0) is 0 Å². The Bertz CT molecular complexity index is 983. The third kappa shape index (κ3) is 3.89. The number of benzene rings is 2. The Labute approximate surface area is 153 Å². The van der Waals surface area contributed by atoms with E-state index in [2.05, 4.69) is 5.32 Å². The Morgan fingerprint density at radius 3 is 2.73 bits per heavy atom. The van der Waals surface area contributed by atoms with Gasteiger partial charge < -0.3 is 25.3 Å². The van der Waals surface area contributed by atoms with Crippen LogP contribution in [0.25, 0.3) is 11.0 Å². The van der Waals surface area contributed by atoms with Gasteiger partial charge in [0.15, 0.2) is 5.76 Å². The lowest BCUT2D eigenvalue weighted by molar-refractivity contribution is 0.0920. The number of primary amides is 1. The highest BCUT2D eigenvalue weighted by atomic mass is 35.5. The maximum absolute atomic E-state index is 12.1. The highest BCUT2D eigenvalue weighted by Gasteiger charge is 2.12. The standard InChI is InChI=1S/C18H15ClN2O5/c19-11-1-4-15-10(7-11)8-16(26-15)18(24)21-5-6-25-12-2-3-13(17(20)23)14(22)9-12/h1-4,7-9,22H,5-6H2,(H2,20,23)(H,21,24). The van der Waals surface area contributed by atoms with Gasteiger partial charge in [-0.05, 0) is 36.4 Å². The zero-order chi connectivity index (χ0) is 18.7. The molecule has 8 heteroatoms. The summed E-state index contributed by atoms with van der Waals surface area (Å²) < 4.78 is 10.9. The summed E-state index contributed by atoms with van der Waals surface area (Å²) >= 11 is 5.90. The maximum atomic E-state index is 12.1. The predicted octanol–water partition coefficient (Wildman–Crippen LogP) is 2.70. The van der Waals surface area contributed by atoms with Crippen LogP contribution < -0.4 is 15.8 Å². The van der Waals surface area contributed by atoms with Crippen molar-refractivity contribution in [2.75, 3.05) is 13.2 Å². The first-order valence-electron chi connectivity index (χ1n) is 7.67. The molecule has 0 aliphatic rings. The molecule has 0 bridgehead atoms. The first-order valence-corrected chi connectivity index (χ1v) is 8.05. The zero-order valence-electron chi connectivity index (χ0n) is 13.5. The number of hydrogen-bond acceptors (Lipinski definition) is 5. The van der Waals surface area contributed by atoms with Crippen molar-refractivity contribution in [3.8, 4) is 11.5 Å². The van der Waals surface area contributed by atoms with Gasteiger partial charge in [-0.3, -0.25) is 9.59 Å². The first kappa shape index (κ1) is 17.6. The average molecular weight is 375 g/mol. The normalized spacial score (nSPS) is 10.7. The van der Waals surface area contributed by atoms with Gasteiger partial charge in [-0.1, -0.05) is 11.6 Å². The number of halogens is 1. The quantitative estimate of drug-likeness (QED) is 0.574. The summed E-state index contributed by atoms with van der Waals surface area (Å²) in [5, 5.41) is 13.6. The Hall–Kier alpha value is -3.19. The number of nitrogens with two attached hydrogens (primary N) is 1.